The quantitative estimate of drug-likeness (QED) is 0.142. The Kier molecular flexibility index (Phi) is 6.46. The number of aromatic nitrogens is 4. The molecular formula is C46H28N4. The molecule has 10 aromatic rings. The van der Waals surface area contributed by atoms with Gasteiger partial charge in [0.05, 0.1) is 33.5 Å². The summed E-state index contributed by atoms with van der Waals surface area (Å²) in [6, 6.07) is 55.1. The smallest absolute Gasteiger partial charge is 0.0972 e. The lowest BCUT2D eigenvalue weighted by Crippen LogP contribution is -1.92. The van der Waals surface area contributed by atoms with E-state index in [-0.39, 0.29) is 0 Å². The fourth-order valence-corrected chi connectivity index (χ4v) is 7.28. The maximum atomic E-state index is 5.23. The molecule has 50 heavy (non-hydrogen) atoms. The summed E-state index contributed by atoms with van der Waals surface area (Å²) >= 11 is 0. The lowest BCUT2D eigenvalue weighted by atomic mass is 9.93. The monoisotopic (exact) mass is 636 g/mol. The van der Waals surface area contributed by atoms with Crippen molar-refractivity contribution in [1.82, 2.24) is 19.9 Å². The molecule has 0 N–H and O–H groups in total. The van der Waals surface area contributed by atoms with Gasteiger partial charge in [-0.25, -0.2) is 9.97 Å². The third-order valence-electron chi connectivity index (χ3n) is 9.74. The molecule has 0 amide bonds. The molecule has 4 aromatic heterocycles. The molecule has 0 radical (unpaired) electrons. The van der Waals surface area contributed by atoms with E-state index in [1.54, 1.807) is 0 Å². The molecule has 0 fully saturated rings. The van der Waals surface area contributed by atoms with Crippen LogP contribution in [0.4, 0.5) is 0 Å². The highest BCUT2D eigenvalue weighted by Crippen LogP contribution is 2.39. The van der Waals surface area contributed by atoms with Gasteiger partial charge < -0.3 is 0 Å². The number of benzene rings is 6. The predicted octanol–water partition coefficient (Wildman–Crippen LogP) is 11.7. The van der Waals surface area contributed by atoms with Crippen molar-refractivity contribution < 1.29 is 0 Å². The molecule has 4 nitrogen and oxygen atoms in total. The Balaban J connectivity index is 1.08. The average Bonchev–Trinajstić information content (AvgIpc) is 3.20. The van der Waals surface area contributed by atoms with Crippen LogP contribution in [0.2, 0.25) is 0 Å². The minimum absolute atomic E-state index is 0.875. The van der Waals surface area contributed by atoms with Crippen molar-refractivity contribution in [3.05, 3.63) is 170 Å². The van der Waals surface area contributed by atoms with E-state index in [2.05, 4.69) is 133 Å². The van der Waals surface area contributed by atoms with Crippen LogP contribution in [0.3, 0.4) is 0 Å². The summed E-state index contributed by atoms with van der Waals surface area (Å²) in [5, 5.41) is 6.68. The summed E-state index contributed by atoms with van der Waals surface area (Å²) in [7, 11) is 0. The maximum absolute atomic E-state index is 5.23. The Morgan fingerprint density at radius 1 is 0.360 bits per heavy atom. The van der Waals surface area contributed by atoms with Crippen molar-refractivity contribution in [2.75, 3.05) is 0 Å². The molecule has 0 unspecified atom stereocenters. The zero-order valence-corrected chi connectivity index (χ0v) is 27.0. The van der Waals surface area contributed by atoms with Crippen molar-refractivity contribution in [2.24, 2.45) is 0 Å². The number of nitrogens with zero attached hydrogens (tertiary/aromatic N) is 4. The summed E-state index contributed by atoms with van der Waals surface area (Å²) in [4.78, 5) is 20.1. The third-order valence-corrected chi connectivity index (χ3v) is 9.74. The van der Waals surface area contributed by atoms with Gasteiger partial charge in [0.25, 0.3) is 0 Å². The van der Waals surface area contributed by atoms with Crippen molar-refractivity contribution in [3.63, 3.8) is 0 Å². The molecule has 0 bridgehead atoms. The van der Waals surface area contributed by atoms with E-state index < -0.39 is 0 Å². The first-order valence-corrected chi connectivity index (χ1v) is 16.8. The Morgan fingerprint density at radius 2 is 1.06 bits per heavy atom. The molecular weight excluding hydrogens is 609 g/mol. The molecule has 0 aliphatic heterocycles. The summed E-state index contributed by atoms with van der Waals surface area (Å²) in [5.74, 6) is 0. The first-order valence-electron chi connectivity index (χ1n) is 16.8. The molecule has 232 valence electrons. The number of pyridine rings is 4. The Hall–Kier alpha value is -6.78. The minimum Gasteiger partial charge on any atom is -0.256 e. The van der Waals surface area contributed by atoms with E-state index in [1.807, 2.05) is 36.7 Å². The van der Waals surface area contributed by atoms with Crippen LogP contribution in [0.15, 0.2) is 170 Å². The van der Waals surface area contributed by atoms with Gasteiger partial charge in [-0.15, -0.1) is 0 Å². The van der Waals surface area contributed by atoms with Gasteiger partial charge >= 0.3 is 0 Å². The first-order chi connectivity index (χ1) is 24.8. The number of rotatable bonds is 4. The average molecular weight is 637 g/mol. The van der Waals surface area contributed by atoms with E-state index >= 15 is 0 Å². The minimum atomic E-state index is 0.875. The molecule has 0 aliphatic carbocycles. The second-order valence-electron chi connectivity index (χ2n) is 12.7. The van der Waals surface area contributed by atoms with E-state index in [4.69, 9.17) is 19.9 Å². The largest absolute Gasteiger partial charge is 0.256 e. The Morgan fingerprint density at radius 3 is 1.90 bits per heavy atom. The Bertz CT molecular complexity index is 2900. The molecule has 4 heteroatoms. The van der Waals surface area contributed by atoms with Crippen molar-refractivity contribution in [2.45, 2.75) is 0 Å². The molecule has 4 heterocycles. The van der Waals surface area contributed by atoms with Gasteiger partial charge in [-0.3, -0.25) is 9.97 Å². The van der Waals surface area contributed by atoms with Crippen molar-refractivity contribution >= 4 is 54.4 Å². The van der Waals surface area contributed by atoms with Gasteiger partial charge in [0.2, 0.25) is 0 Å². The lowest BCUT2D eigenvalue weighted by molar-refractivity contribution is 1.32. The zero-order chi connectivity index (χ0) is 33.0. The SMILES string of the molecule is c1ccc(-c2ccc3ccc4c(-c5ccc(-c6ccc7ccc8c(-c9ccccc9)c9ccccc9nc8c7c6)cn5)ccnc4c3n2)cc1. The molecule has 0 atom stereocenters. The summed E-state index contributed by atoms with van der Waals surface area (Å²) in [6.45, 7) is 0. The topological polar surface area (TPSA) is 51.6 Å². The second kappa shape index (κ2) is 11.4. The summed E-state index contributed by atoms with van der Waals surface area (Å²) in [5.41, 5.74) is 12.3. The molecule has 0 spiro atoms. The molecule has 0 aliphatic rings. The van der Waals surface area contributed by atoms with Crippen LogP contribution in [0.1, 0.15) is 0 Å². The zero-order valence-electron chi connectivity index (χ0n) is 27.0. The van der Waals surface area contributed by atoms with Gasteiger partial charge in [-0.2, -0.15) is 0 Å². The van der Waals surface area contributed by atoms with Crippen LogP contribution in [0, 0.1) is 0 Å². The fourth-order valence-electron chi connectivity index (χ4n) is 7.28. The molecule has 10 rings (SSSR count). The highest BCUT2D eigenvalue weighted by molar-refractivity contribution is 6.17. The van der Waals surface area contributed by atoms with Crippen LogP contribution in [0.25, 0.3) is 99.2 Å². The maximum Gasteiger partial charge on any atom is 0.0972 e. The van der Waals surface area contributed by atoms with Crippen LogP contribution >= 0.6 is 0 Å². The fraction of sp³-hybridized carbons (Fsp3) is 0. The van der Waals surface area contributed by atoms with Gasteiger partial charge in [0.15, 0.2) is 0 Å². The standard InChI is InChI=1S/C46H28N4/c1-3-9-30(10-4-1)40-23-19-32-18-21-36-35(25-26-47-46(36)44(32)49-40)41-24-20-34(28-48-41)33-16-15-29-17-22-38-43(31-11-5-2-6-12-31)37-13-7-8-14-42(37)50-45(38)39(29)27-33/h1-28H. The van der Waals surface area contributed by atoms with Crippen LogP contribution in [0.5, 0.6) is 0 Å². The van der Waals surface area contributed by atoms with Crippen molar-refractivity contribution in [3.8, 4) is 44.8 Å². The molecule has 0 saturated carbocycles. The first kappa shape index (κ1) is 28.3. The molecule has 6 aromatic carbocycles. The Labute approximate surface area is 288 Å². The predicted molar refractivity (Wildman–Crippen MR) is 207 cm³/mol. The van der Waals surface area contributed by atoms with Gasteiger partial charge in [0, 0.05) is 61.6 Å². The van der Waals surface area contributed by atoms with E-state index in [1.165, 1.54) is 11.1 Å². The van der Waals surface area contributed by atoms with Gasteiger partial charge in [0.1, 0.15) is 0 Å². The normalized spacial score (nSPS) is 11.6. The van der Waals surface area contributed by atoms with E-state index in [0.29, 0.717) is 0 Å². The van der Waals surface area contributed by atoms with Gasteiger partial charge in [-0.05, 0) is 46.8 Å². The lowest BCUT2D eigenvalue weighted by Gasteiger charge is -2.14. The number of hydrogen-bond acceptors (Lipinski definition) is 4. The van der Waals surface area contributed by atoms with Crippen LogP contribution in [-0.4, -0.2) is 19.9 Å². The molecule has 0 saturated heterocycles. The number of para-hydroxylation sites is 1. The van der Waals surface area contributed by atoms with Crippen LogP contribution < -0.4 is 0 Å². The highest BCUT2D eigenvalue weighted by atomic mass is 14.8. The van der Waals surface area contributed by atoms with E-state index in [0.717, 1.165) is 88.0 Å². The van der Waals surface area contributed by atoms with E-state index in [9.17, 15) is 0 Å². The summed E-state index contributed by atoms with van der Waals surface area (Å²) < 4.78 is 0. The number of fused-ring (bicyclic) bond motifs is 7. The number of hydrogen-bond donors (Lipinski definition) is 0. The van der Waals surface area contributed by atoms with Crippen molar-refractivity contribution in [1.29, 1.82) is 0 Å². The third kappa shape index (κ3) is 4.61. The second-order valence-corrected chi connectivity index (χ2v) is 12.7. The summed E-state index contributed by atoms with van der Waals surface area (Å²) in [6.07, 6.45) is 3.83. The van der Waals surface area contributed by atoms with Gasteiger partial charge in [-0.1, -0.05) is 127 Å². The highest BCUT2D eigenvalue weighted by Gasteiger charge is 2.15. The van der Waals surface area contributed by atoms with Crippen LogP contribution in [-0.2, 0) is 0 Å².